The van der Waals surface area contributed by atoms with Crippen molar-refractivity contribution in [1.82, 2.24) is 19.8 Å². The molecule has 2 atom stereocenters. The molecule has 0 unspecified atom stereocenters. The van der Waals surface area contributed by atoms with Gasteiger partial charge in [0.05, 0.1) is 24.2 Å². The van der Waals surface area contributed by atoms with E-state index >= 15 is 0 Å². The number of aryl methyl sites for hydroxylation is 1. The number of morpholine rings is 1. The number of ether oxygens (including phenoxy) is 1. The van der Waals surface area contributed by atoms with E-state index in [1.807, 2.05) is 30.1 Å². The molecule has 1 N–H and O–H groups in total. The standard InChI is InChI=1S/C20H27N5O2.2ClH/c1-23-18-5-4-14(11-16(18)22-20(23)24-7-9-27-10-8-24)19(26)25-12-15-3-2-6-21-17(15)13-25;;/h4-5,11,15,17,21H,2-3,6-10,12-13H2,1H3;2*1H/t15-,17+;;/m0../s1. The van der Waals surface area contributed by atoms with Crippen molar-refractivity contribution in [3.05, 3.63) is 23.8 Å². The number of carbonyl (C=O) groups is 1. The SMILES string of the molecule is Cl.Cl.Cn1c(N2CCOCC2)nc2cc(C(=O)N3C[C@@H]4CCCN[C@@H]4C3)ccc21. The summed E-state index contributed by atoms with van der Waals surface area (Å²) in [6.07, 6.45) is 2.44. The molecule has 0 bridgehead atoms. The van der Waals surface area contributed by atoms with Gasteiger partial charge in [-0.1, -0.05) is 0 Å². The number of piperidine rings is 1. The van der Waals surface area contributed by atoms with Gasteiger partial charge in [-0.05, 0) is 43.5 Å². The predicted molar refractivity (Wildman–Crippen MR) is 119 cm³/mol. The van der Waals surface area contributed by atoms with E-state index in [1.165, 1.54) is 12.8 Å². The van der Waals surface area contributed by atoms with E-state index in [9.17, 15) is 4.79 Å². The number of amides is 1. The molecular weight excluding hydrogens is 413 g/mol. The molecule has 5 rings (SSSR count). The minimum atomic E-state index is 0. The summed E-state index contributed by atoms with van der Waals surface area (Å²) in [6, 6.07) is 6.40. The van der Waals surface area contributed by atoms with Crippen molar-refractivity contribution in [3.63, 3.8) is 0 Å². The van der Waals surface area contributed by atoms with Crippen LogP contribution < -0.4 is 10.2 Å². The van der Waals surface area contributed by atoms with Crippen LogP contribution in [0.3, 0.4) is 0 Å². The van der Waals surface area contributed by atoms with E-state index < -0.39 is 0 Å². The quantitative estimate of drug-likeness (QED) is 0.772. The molecule has 0 spiro atoms. The highest BCUT2D eigenvalue weighted by atomic mass is 35.5. The number of nitrogens with one attached hydrogen (secondary N) is 1. The van der Waals surface area contributed by atoms with Gasteiger partial charge in [-0.3, -0.25) is 4.79 Å². The summed E-state index contributed by atoms with van der Waals surface area (Å²) in [5.41, 5.74) is 2.69. The van der Waals surface area contributed by atoms with E-state index in [2.05, 4.69) is 14.8 Å². The first-order valence-corrected chi connectivity index (χ1v) is 10.0. The zero-order chi connectivity index (χ0) is 18.4. The van der Waals surface area contributed by atoms with Crippen molar-refractivity contribution >= 4 is 47.7 Å². The lowest BCUT2D eigenvalue weighted by Crippen LogP contribution is -2.41. The molecule has 4 heterocycles. The molecule has 0 radical (unpaired) electrons. The zero-order valence-electron chi connectivity index (χ0n) is 16.7. The molecule has 29 heavy (non-hydrogen) atoms. The molecule has 2 aromatic rings. The van der Waals surface area contributed by atoms with Crippen LogP contribution in [0.15, 0.2) is 18.2 Å². The normalized spacial score (nSPS) is 24.0. The summed E-state index contributed by atoms with van der Waals surface area (Å²) in [4.78, 5) is 22.2. The Morgan fingerprint density at radius 3 is 2.76 bits per heavy atom. The highest BCUT2D eigenvalue weighted by Gasteiger charge is 2.36. The summed E-state index contributed by atoms with van der Waals surface area (Å²) >= 11 is 0. The number of imidazole rings is 1. The average Bonchev–Trinajstić information content (AvgIpc) is 3.29. The number of aromatic nitrogens is 2. The van der Waals surface area contributed by atoms with Crippen LogP contribution in [0.5, 0.6) is 0 Å². The van der Waals surface area contributed by atoms with Crippen LogP contribution in [0.4, 0.5) is 5.95 Å². The topological polar surface area (TPSA) is 62.6 Å². The Balaban J connectivity index is 0.00000120. The molecule has 0 saturated carbocycles. The van der Waals surface area contributed by atoms with Gasteiger partial charge in [0.15, 0.2) is 0 Å². The number of likely N-dealkylation sites (tertiary alicyclic amines) is 1. The van der Waals surface area contributed by atoms with E-state index in [0.717, 1.165) is 68.5 Å². The zero-order valence-corrected chi connectivity index (χ0v) is 18.3. The summed E-state index contributed by atoms with van der Waals surface area (Å²) in [5, 5.41) is 3.57. The van der Waals surface area contributed by atoms with Crippen molar-refractivity contribution in [2.45, 2.75) is 18.9 Å². The average molecular weight is 442 g/mol. The van der Waals surface area contributed by atoms with Crippen molar-refractivity contribution < 1.29 is 9.53 Å². The van der Waals surface area contributed by atoms with Gasteiger partial charge in [-0.2, -0.15) is 0 Å². The number of rotatable bonds is 2. The summed E-state index contributed by atoms with van der Waals surface area (Å²) in [7, 11) is 2.04. The third kappa shape index (κ3) is 4.06. The second-order valence-electron chi connectivity index (χ2n) is 7.95. The molecule has 160 valence electrons. The molecule has 1 aromatic heterocycles. The second-order valence-corrected chi connectivity index (χ2v) is 7.95. The Kier molecular flexibility index (Phi) is 6.94. The lowest BCUT2D eigenvalue weighted by Gasteiger charge is -2.27. The number of halogens is 2. The number of carbonyl (C=O) groups excluding carboxylic acids is 1. The van der Waals surface area contributed by atoms with Crippen molar-refractivity contribution in [2.24, 2.45) is 13.0 Å². The van der Waals surface area contributed by atoms with E-state index in [1.54, 1.807) is 0 Å². The van der Waals surface area contributed by atoms with Crippen LogP contribution in [-0.4, -0.2) is 72.3 Å². The maximum atomic E-state index is 13.1. The molecule has 1 amide bonds. The van der Waals surface area contributed by atoms with Crippen LogP contribution in [0.1, 0.15) is 23.2 Å². The van der Waals surface area contributed by atoms with E-state index in [0.29, 0.717) is 12.0 Å². The van der Waals surface area contributed by atoms with Crippen LogP contribution in [0, 0.1) is 5.92 Å². The van der Waals surface area contributed by atoms with Crippen LogP contribution in [-0.2, 0) is 11.8 Å². The molecule has 3 aliphatic rings. The Hall–Kier alpha value is -1.54. The van der Waals surface area contributed by atoms with Gasteiger partial charge in [-0.15, -0.1) is 24.8 Å². The fourth-order valence-electron chi connectivity index (χ4n) is 4.76. The first kappa shape index (κ1) is 22.2. The van der Waals surface area contributed by atoms with Gasteiger partial charge in [0.2, 0.25) is 5.95 Å². The maximum Gasteiger partial charge on any atom is 0.253 e. The molecule has 1 aromatic carbocycles. The molecule has 3 aliphatic heterocycles. The van der Waals surface area contributed by atoms with Crippen molar-refractivity contribution in [2.75, 3.05) is 50.8 Å². The van der Waals surface area contributed by atoms with Gasteiger partial charge < -0.3 is 24.4 Å². The molecule has 7 nitrogen and oxygen atoms in total. The molecule has 0 aliphatic carbocycles. The Bertz CT molecular complexity index is 854. The minimum absolute atomic E-state index is 0. The number of hydrogen-bond acceptors (Lipinski definition) is 5. The smallest absolute Gasteiger partial charge is 0.253 e. The highest BCUT2D eigenvalue weighted by molar-refractivity contribution is 5.98. The van der Waals surface area contributed by atoms with E-state index in [-0.39, 0.29) is 30.7 Å². The molecule has 9 heteroatoms. The third-order valence-electron chi connectivity index (χ3n) is 6.28. The Morgan fingerprint density at radius 1 is 1.21 bits per heavy atom. The van der Waals surface area contributed by atoms with Crippen LogP contribution in [0.25, 0.3) is 11.0 Å². The second kappa shape index (κ2) is 9.08. The molecule has 3 saturated heterocycles. The maximum absolute atomic E-state index is 13.1. The molecular formula is C20H29Cl2N5O2. The first-order valence-electron chi connectivity index (χ1n) is 10.0. The number of benzene rings is 1. The van der Waals surface area contributed by atoms with Gasteiger partial charge in [0, 0.05) is 44.8 Å². The lowest BCUT2D eigenvalue weighted by atomic mass is 9.94. The predicted octanol–water partition coefficient (Wildman–Crippen LogP) is 2.08. The summed E-state index contributed by atoms with van der Waals surface area (Å²) in [5.74, 6) is 1.69. The van der Waals surface area contributed by atoms with Gasteiger partial charge in [-0.25, -0.2) is 4.98 Å². The monoisotopic (exact) mass is 441 g/mol. The number of anilines is 1. The highest BCUT2D eigenvalue weighted by Crippen LogP contribution is 2.28. The number of nitrogens with zero attached hydrogens (tertiary/aromatic N) is 4. The van der Waals surface area contributed by atoms with Gasteiger partial charge in [0.25, 0.3) is 5.91 Å². The summed E-state index contributed by atoms with van der Waals surface area (Å²) in [6.45, 7) is 5.95. The number of hydrogen-bond donors (Lipinski definition) is 1. The van der Waals surface area contributed by atoms with Gasteiger partial charge in [0.1, 0.15) is 0 Å². The fourth-order valence-corrected chi connectivity index (χ4v) is 4.76. The third-order valence-corrected chi connectivity index (χ3v) is 6.28. The minimum Gasteiger partial charge on any atom is -0.378 e. The summed E-state index contributed by atoms with van der Waals surface area (Å²) < 4.78 is 7.56. The van der Waals surface area contributed by atoms with Crippen molar-refractivity contribution in [3.8, 4) is 0 Å². The number of fused-ring (bicyclic) bond motifs is 2. The van der Waals surface area contributed by atoms with Gasteiger partial charge >= 0.3 is 0 Å². The first-order chi connectivity index (χ1) is 13.2. The van der Waals surface area contributed by atoms with Crippen LogP contribution >= 0.6 is 24.8 Å². The molecule has 3 fully saturated rings. The Morgan fingerprint density at radius 2 is 2.00 bits per heavy atom. The van der Waals surface area contributed by atoms with Crippen molar-refractivity contribution in [1.29, 1.82) is 0 Å². The lowest BCUT2D eigenvalue weighted by molar-refractivity contribution is 0.0786. The van der Waals surface area contributed by atoms with Crippen LogP contribution in [0.2, 0.25) is 0 Å². The van der Waals surface area contributed by atoms with E-state index in [4.69, 9.17) is 9.72 Å². The largest absolute Gasteiger partial charge is 0.378 e. The fraction of sp³-hybridized carbons (Fsp3) is 0.600. The Labute approximate surface area is 183 Å².